The predicted molar refractivity (Wildman–Crippen MR) is 101 cm³/mol. The Morgan fingerprint density at radius 1 is 1.07 bits per heavy atom. The number of hydrogen-bond acceptors (Lipinski definition) is 3. The molecule has 7 heteroatoms. The number of halogens is 3. The van der Waals surface area contributed by atoms with Gasteiger partial charge in [-0.25, -0.2) is 0 Å². The Morgan fingerprint density at radius 3 is 2.37 bits per heavy atom. The highest BCUT2D eigenvalue weighted by atomic mass is 32.1. The smallest absolute Gasteiger partial charge is 0.368 e. The molecule has 0 unspecified atom stereocenters. The second kappa shape index (κ2) is 7.65. The lowest BCUT2D eigenvalue weighted by Gasteiger charge is -2.36. The zero-order valence-electron chi connectivity index (χ0n) is 15.1. The van der Waals surface area contributed by atoms with Gasteiger partial charge >= 0.3 is 6.18 Å². The molecule has 3 nitrogen and oxygen atoms in total. The van der Waals surface area contributed by atoms with Crippen LogP contribution in [0.1, 0.15) is 20.9 Å². The SMILES string of the molecule is Cc1ccc(C#CC(=O)N2CCN(c3cc(C(F)(F)F)ccc3C)CC2)s1. The van der Waals surface area contributed by atoms with Crippen LogP contribution >= 0.6 is 11.3 Å². The fraction of sp³-hybridized carbons (Fsp3) is 0.350. The van der Waals surface area contributed by atoms with Crippen molar-refractivity contribution < 1.29 is 18.0 Å². The van der Waals surface area contributed by atoms with E-state index in [9.17, 15) is 18.0 Å². The van der Waals surface area contributed by atoms with E-state index in [2.05, 4.69) is 11.8 Å². The molecular weight excluding hydrogens is 373 g/mol. The first-order valence-corrected chi connectivity index (χ1v) is 9.36. The number of anilines is 1. The Kier molecular flexibility index (Phi) is 5.47. The quantitative estimate of drug-likeness (QED) is 0.683. The van der Waals surface area contributed by atoms with Crippen LogP contribution in [0.2, 0.25) is 0 Å². The van der Waals surface area contributed by atoms with Crippen molar-refractivity contribution in [2.24, 2.45) is 0 Å². The van der Waals surface area contributed by atoms with E-state index in [1.165, 1.54) is 23.5 Å². The third-order valence-electron chi connectivity index (χ3n) is 4.48. The molecular formula is C20H19F3N2OS. The van der Waals surface area contributed by atoms with Gasteiger partial charge in [-0.15, -0.1) is 11.3 Å². The number of amides is 1. The van der Waals surface area contributed by atoms with Crippen molar-refractivity contribution in [2.75, 3.05) is 31.1 Å². The van der Waals surface area contributed by atoms with Crippen molar-refractivity contribution in [3.8, 4) is 11.8 Å². The van der Waals surface area contributed by atoms with Crippen molar-refractivity contribution in [3.63, 3.8) is 0 Å². The second-order valence-corrected chi connectivity index (χ2v) is 7.73. The minimum Gasteiger partial charge on any atom is -0.368 e. The van der Waals surface area contributed by atoms with Crippen LogP contribution in [-0.2, 0) is 11.0 Å². The van der Waals surface area contributed by atoms with E-state index in [-0.39, 0.29) is 5.91 Å². The topological polar surface area (TPSA) is 23.6 Å². The molecule has 2 heterocycles. The van der Waals surface area contributed by atoms with Crippen LogP contribution in [0.5, 0.6) is 0 Å². The number of nitrogens with zero attached hydrogens (tertiary/aromatic N) is 2. The van der Waals surface area contributed by atoms with Crippen LogP contribution < -0.4 is 4.90 Å². The minimum absolute atomic E-state index is 0.249. The average Bonchev–Trinajstić information content (AvgIpc) is 3.04. The Hall–Kier alpha value is -2.46. The van der Waals surface area contributed by atoms with Gasteiger partial charge in [0, 0.05) is 42.7 Å². The molecule has 2 aromatic rings. The molecule has 0 bridgehead atoms. The molecule has 1 saturated heterocycles. The number of thiophene rings is 1. The first-order valence-electron chi connectivity index (χ1n) is 8.54. The summed E-state index contributed by atoms with van der Waals surface area (Å²) in [7, 11) is 0. The van der Waals surface area contributed by atoms with Crippen molar-refractivity contribution in [3.05, 3.63) is 51.2 Å². The molecule has 0 spiro atoms. The van der Waals surface area contributed by atoms with E-state index < -0.39 is 11.7 Å². The molecule has 1 aliphatic heterocycles. The van der Waals surface area contributed by atoms with Gasteiger partial charge in [0.2, 0.25) is 0 Å². The van der Waals surface area contributed by atoms with E-state index in [1.807, 2.05) is 24.0 Å². The number of carbonyl (C=O) groups is 1. The van der Waals surface area contributed by atoms with Crippen molar-refractivity contribution >= 4 is 22.9 Å². The van der Waals surface area contributed by atoms with Crippen LogP contribution in [-0.4, -0.2) is 37.0 Å². The maximum absolute atomic E-state index is 13.0. The molecule has 0 saturated carbocycles. The maximum atomic E-state index is 13.0. The standard InChI is InChI=1S/C20H19F3N2OS/c1-14-3-5-16(20(21,22)23)13-18(14)24-9-11-25(12-10-24)19(26)8-7-17-6-4-15(2)27-17/h3-6,13H,9-12H2,1-2H3. The number of alkyl halides is 3. The lowest BCUT2D eigenvalue weighted by atomic mass is 10.1. The third kappa shape index (κ3) is 4.64. The zero-order chi connectivity index (χ0) is 19.6. The molecule has 1 amide bonds. The maximum Gasteiger partial charge on any atom is 0.416 e. The van der Waals surface area contributed by atoms with E-state index in [0.29, 0.717) is 31.9 Å². The second-order valence-electron chi connectivity index (χ2n) is 6.44. The van der Waals surface area contributed by atoms with Crippen LogP contribution in [0.15, 0.2) is 30.3 Å². The normalized spacial score (nSPS) is 14.7. The van der Waals surface area contributed by atoms with E-state index >= 15 is 0 Å². The van der Waals surface area contributed by atoms with Crippen LogP contribution in [0, 0.1) is 25.7 Å². The molecule has 27 heavy (non-hydrogen) atoms. The highest BCUT2D eigenvalue weighted by Gasteiger charge is 2.31. The van der Waals surface area contributed by atoms with E-state index in [0.717, 1.165) is 21.4 Å². The lowest BCUT2D eigenvalue weighted by Crippen LogP contribution is -2.48. The first-order chi connectivity index (χ1) is 12.7. The summed E-state index contributed by atoms with van der Waals surface area (Å²) < 4.78 is 38.9. The summed E-state index contributed by atoms with van der Waals surface area (Å²) in [5.74, 6) is 5.29. The molecule has 1 fully saturated rings. The summed E-state index contributed by atoms with van der Waals surface area (Å²) in [5.41, 5.74) is 0.700. The Labute approximate surface area is 160 Å². The van der Waals surface area contributed by atoms with Gasteiger partial charge in [0.15, 0.2) is 0 Å². The molecule has 3 rings (SSSR count). The number of hydrogen-bond donors (Lipinski definition) is 0. The number of aryl methyl sites for hydroxylation is 2. The number of benzene rings is 1. The molecule has 0 radical (unpaired) electrons. The van der Waals surface area contributed by atoms with Crippen molar-refractivity contribution in [1.29, 1.82) is 0 Å². The molecule has 1 aromatic carbocycles. The fourth-order valence-electron chi connectivity index (χ4n) is 2.97. The van der Waals surface area contributed by atoms with Gasteiger partial charge in [-0.05, 0) is 49.6 Å². The molecule has 142 valence electrons. The molecule has 1 aromatic heterocycles. The number of carbonyl (C=O) groups excluding carboxylic acids is 1. The summed E-state index contributed by atoms with van der Waals surface area (Å²) in [6.07, 6.45) is -4.37. The summed E-state index contributed by atoms with van der Waals surface area (Å²) in [6.45, 7) is 5.61. The van der Waals surface area contributed by atoms with Gasteiger partial charge in [-0.2, -0.15) is 13.2 Å². The summed E-state index contributed by atoms with van der Waals surface area (Å²) in [5, 5.41) is 0. The highest BCUT2D eigenvalue weighted by Crippen LogP contribution is 2.33. The van der Waals surface area contributed by atoms with Crippen molar-refractivity contribution in [1.82, 2.24) is 4.90 Å². The summed E-state index contributed by atoms with van der Waals surface area (Å²) in [4.78, 5) is 17.8. The zero-order valence-corrected chi connectivity index (χ0v) is 15.9. The Bertz CT molecular complexity index is 900. The minimum atomic E-state index is -4.37. The summed E-state index contributed by atoms with van der Waals surface area (Å²) >= 11 is 1.53. The highest BCUT2D eigenvalue weighted by molar-refractivity contribution is 7.12. The summed E-state index contributed by atoms with van der Waals surface area (Å²) in [6, 6.07) is 7.61. The molecule has 1 aliphatic rings. The van der Waals surface area contributed by atoms with E-state index in [4.69, 9.17) is 0 Å². The van der Waals surface area contributed by atoms with Crippen LogP contribution in [0.25, 0.3) is 0 Å². The predicted octanol–water partition coefficient (Wildman–Crippen LogP) is 4.08. The van der Waals surface area contributed by atoms with Crippen LogP contribution in [0.4, 0.5) is 18.9 Å². The monoisotopic (exact) mass is 392 g/mol. The molecule has 0 aliphatic carbocycles. The van der Waals surface area contributed by atoms with Gasteiger partial charge in [-0.3, -0.25) is 4.79 Å². The van der Waals surface area contributed by atoms with Crippen LogP contribution in [0.3, 0.4) is 0 Å². The average molecular weight is 392 g/mol. The largest absolute Gasteiger partial charge is 0.416 e. The first kappa shape index (κ1) is 19.3. The van der Waals surface area contributed by atoms with Gasteiger partial charge in [0.1, 0.15) is 0 Å². The van der Waals surface area contributed by atoms with Gasteiger partial charge < -0.3 is 9.80 Å². The van der Waals surface area contributed by atoms with E-state index in [1.54, 1.807) is 11.8 Å². The van der Waals surface area contributed by atoms with Gasteiger partial charge in [0.05, 0.1) is 10.4 Å². The van der Waals surface area contributed by atoms with Gasteiger partial charge in [0.25, 0.3) is 5.91 Å². The lowest BCUT2D eigenvalue weighted by molar-refractivity contribution is -0.137. The molecule has 0 atom stereocenters. The number of rotatable bonds is 1. The molecule has 0 N–H and O–H groups in total. The van der Waals surface area contributed by atoms with Gasteiger partial charge in [-0.1, -0.05) is 6.07 Å². The third-order valence-corrected chi connectivity index (χ3v) is 5.39. The van der Waals surface area contributed by atoms with Crippen molar-refractivity contribution in [2.45, 2.75) is 20.0 Å². The Morgan fingerprint density at radius 2 is 1.78 bits per heavy atom. The number of piperazine rings is 1. The fourth-order valence-corrected chi connectivity index (χ4v) is 3.69. The Balaban J connectivity index is 1.65.